The summed E-state index contributed by atoms with van der Waals surface area (Å²) in [7, 11) is -3.89. The highest BCUT2D eigenvalue weighted by atomic mass is 32.2. The molecule has 8 heteroatoms. The number of piperidine rings is 1. The van der Waals surface area contributed by atoms with Gasteiger partial charge in [-0.2, -0.15) is 4.31 Å². The molecule has 0 unspecified atom stereocenters. The van der Waals surface area contributed by atoms with Crippen LogP contribution in [-0.4, -0.2) is 37.8 Å². The van der Waals surface area contributed by atoms with Crippen LogP contribution < -0.4 is 5.32 Å². The van der Waals surface area contributed by atoms with Crippen molar-refractivity contribution in [1.82, 2.24) is 9.62 Å². The Bertz CT molecular complexity index is 713. The summed E-state index contributed by atoms with van der Waals surface area (Å²) in [5, 5.41) is 2.99. The Balaban J connectivity index is 2.01. The van der Waals surface area contributed by atoms with E-state index >= 15 is 0 Å². The molecular weight excluding hydrogens is 350 g/mol. The number of benzene rings is 1. The molecule has 1 heterocycles. The van der Waals surface area contributed by atoms with E-state index < -0.39 is 21.7 Å². The lowest BCUT2D eigenvalue weighted by Gasteiger charge is -2.31. The predicted molar refractivity (Wildman–Crippen MR) is 90.4 cm³/mol. The Kier molecular flexibility index (Phi) is 6.51. The third-order valence-corrected chi connectivity index (χ3v) is 6.58. The highest BCUT2D eigenvalue weighted by Crippen LogP contribution is 2.25. The zero-order valence-corrected chi connectivity index (χ0v) is 15.3. The van der Waals surface area contributed by atoms with Crippen LogP contribution in [0.2, 0.25) is 0 Å². The van der Waals surface area contributed by atoms with Gasteiger partial charge in [-0.1, -0.05) is 13.8 Å². The van der Waals surface area contributed by atoms with Crippen molar-refractivity contribution in [2.45, 2.75) is 50.5 Å². The van der Waals surface area contributed by atoms with Crippen LogP contribution in [0.3, 0.4) is 0 Å². The van der Waals surface area contributed by atoms with Gasteiger partial charge in [0.2, 0.25) is 15.9 Å². The van der Waals surface area contributed by atoms with Gasteiger partial charge in [-0.15, -0.1) is 0 Å². The first-order valence-corrected chi connectivity index (χ1v) is 9.99. The summed E-state index contributed by atoms with van der Waals surface area (Å²) in [5.74, 6) is -2.55. The third kappa shape index (κ3) is 4.55. The lowest BCUT2D eigenvalue weighted by Crippen LogP contribution is -2.45. The Hall–Kier alpha value is -1.54. The van der Waals surface area contributed by atoms with Gasteiger partial charge in [-0.05, 0) is 43.9 Å². The molecule has 0 aliphatic carbocycles. The SMILES string of the molecule is CCC(CC)NC(=O)C1CCN(S(=O)(=O)c2ccc(F)c(F)c2)CC1. The Morgan fingerprint density at radius 1 is 1.20 bits per heavy atom. The number of carbonyl (C=O) groups excluding carboxylic acids is 1. The smallest absolute Gasteiger partial charge is 0.243 e. The zero-order chi connectivity index (χ0) is 18.6. The maximum Gasteiger partial charge on any atom is 0.243 e. The maximum absolute atomic E-state index is 13.3. The van der Waals surface area contributed by atoms with Gasteiger partial charge in [0.1, 0.15) is 0 Å². The average Bonchev–Trinajstić information content (AvgIpc) is 2.61. The first-order chi connectivity index (χ1) is 11.8. The molecule has 5 nitrogen and oxygen atoms in total. The van der Waals surface area contributed by atoms with Crippen LogP contribution in [-0.2, 0) is 14.8 Å². The molecule has 1 amide bonds. The third-order valence-electron chi connectivity index (χ3n) is 4.69. The largest absolute Gasteiger partial charge is 0.353 e. The molecule has 1 N–H and O–H groups in total. The molecule has 140 valence electrons. The van der Waals surface area contributed by atoms with Gasteiger partial charge in [0.25, 0.3) is 0 Å². The van der Waals surface area contributed by atoms with E-state index in [0.29, 0.717) is 18.9 Å². The number of carbonyl (C=O) groups is 1. The summed E-state index contributed by atoms with van der Waals surface area (Å²) in [4.78, 5) is 12.0. The molecule has 0 spiro atoms. The molecule has 0 atom stereocenters. The molecule has 0 aromatic heterocycles. The number of hydrogen-bond acceptors (Lipinski definition) is 3. The summed E-state index contributed by atoms with van der Waals surface area (Å²) in [6.45, 7) is 4.38. The Labute approximate surface area is 147 Å². The second-order valence-electron chi connectivity index (χ2n) is 6.28. The number of sulfonamides is 1. The van der Waals surface area contributed by atoms with Crippen LogP contribution in [0.15, 0.2) is 23.1 Å². The van der Waals surface area contributed by atoms with E-state index in [0.717, 1.165) is 25.0 Å². The fourth-order valence-electron chi connectivity index (χ4n) is 2.96. The standard InChI is InChI=1S/C17H24F2N2O3S/c1-3-13(4-2)20-17(22)12-7-9-21(10-8-12)25(23,24)14-5-6-15(18)16(19)11-14/h5-6,11-13H,3-4,7-10H2,1-2H3,(H,20,22). The van der Waals surface area contributed by atoms with Gasteiger partial charge in [-0.25, -0.2) is 17.2 Å². The molecule has 0 bridgehead atoms. The van der Waals surface area contributed by atoms with Crippen molar-refractivity contribution in [3.05, 3.63) is 29.8 Å². The van der Waals surface area contributed by atoms with Crippen molar-refractivity contribution in [3.8, 4) is 0 Å². The Morgan fingerprint density at radius 2 is 1.80 bits per heavy atom. The normalized spacial score (nSPS) is 17.0. The van der Waals surface area contributed by atoms with Crippen LogP contribution in [0.4, 0.5) is 8.78 Å². The van der Waals surface area contributed by atoms with Gasteiger partial charge in [0, 0.05) is 25.0 Å². The number of hydrogen-bond donors (Lipinski definition) is 1. The van der Waals surface area contributed by atoms with Crippen molar-refractivity contribution >= 4 is 15.9 Å². The van der Waals surface area contributed by atoms with E-state index in [1.54, 1.807) is 0 Å². The van der Waals surface area contributed by atoms with Crippen molar-refractivity contribution in [2.75, 3.05) is 13.1 Å². The molecule has 1 aliphatic rings. The molecule has 1 saturated heterocycles. The van der Waals surface area contributed by atoms with Gasteiger partial charge in [0.05, 0.1) is 4.90 Å². The fourth-order valence-corrected chi connectivity index (χ4v) is 4.44. The van der Waals surface area contributed by atoms with Gasteiger partial charge < -0.3 is 5.32 Å². The van der Waals surface area contributed by atoms with E-state index in [9.17, 15) is 22.0 Å². The number of nitrogens with one attached hydrogen (secondary N) is 1. The van der Waals surface area contributed by atoms with E-state index in [2.05, 4.69) is 5.32 Å². The first kappa shape index (κ1) is 19.8. The quantitative estimate of drug-likeness (QED) is 0.832. The number of rotatable bonds is 6. The van der Waals surface area contributed by atoms with E-state index in [1.165, 1.54) is 4.31 Å². The molecular formula is C17H24F2N2O3S. The molecule has 1 aromatic rings. The highest BCUT2D eigenvalue weighted by Gasteiger charge is 2.32. The summed E-state index contributed by atoms with van der Waals surface area (Å²) < 4.78 is 52.6. The van der Waals surface area contributed by atoms with Crippen molar-refractivity contribution in [3.63, 3.8) is 0 Å². The molecule has 1 fully saturated rings. The zero-order valence-electron chi connectivity index (χ0n) is 14.5. The van der Waals surface area contributed by atoms with E-state index in [1.807, 2.05) is 13.8 Å². The van der Waals surface area contributed by atoms with Gasteiger partial charge >= 0.3 is 0 Å². The molecule has 25 heavy (non-hydrogen) atoms. The number of nitrogens with zero attached hydrogens (tertiary/aromatic N) is 1. The minimum atomic E-state index is -3.89. The van der Waals surface area contributed by atoms with Crippen LogP contribution in [0, 0.1) is 17.6 Å². The summed E-state index contributed by atoms with van der Waals surface area (Å²) >= 11 is 0. The van der Waals surface area contributed by atoms with Crippen LogP contribution in [0.25, 0.3) is 0 Å². The second-order valence-corrected chi connectivity index (χ2v) is 8.21. The number of amides is 1. The van der Waals surface area contributed by atoms with E-state index in [-0.39, 0.29) is 35.9 Å². The van der Waals surface area contributed by atoms with Crippen molar-refractivity contribution < 1.29 is 22.0 Å². The summed E-state index contributed by atoms with van der Waals surface area (Å²) in [6.07, 6.45) is 2.53. The van der Waals surface area contributed by atoms with Crippen molar-refractivity contribution in [2.24, 2.45) is 5.92 Å². The van der Waals surface area contributed by atoms with Gasteiger partial charge in [0.15, 0.2) is 11.6 Å². The number of halogens is 2. The summed E-state index contributed by atoms with van der Waals surface area (Å²) in [6, 6.07) is 2.69. The molecule has 0 radical (unpaired) electrons. The first-order valence-electron chi connectivity index (χ1n) is 8.55. The van der Waals surface area contributed by atoms with Crippen LogP contribution >= 0.6 is 0 Å². The minimum absolute atomic E-state index is 0.0430. The Morgan fingerprint density at radius 3 is 2.32 bits per heavy atom. The molecule has 2 rings (SSSR count). The van der Waals surface area contributed by atoms with Crippen LogP contribution in [0.5, 0.6) is 0 Å². The summed E-state index contributed by atoms with van der Waals surface area (Å²) in [5.41, 5.74) is 0. The van der Waals surface area contributed by atoms with Crippen molar-refractivity contribution in [1.29, 1.82) is 0 Å². The molecule has 1 aliphatic heterocycles. The molecule has 1 aromatic carbocycles. The van der Waals surface area contributed by atoms with E-state index in [4.69, 9.17) is 0 Å². The average molecular weight is 374 g/mol. The van der Waals surface area contributed by atoms with Gasteiger partial charge in [-0.3, -0.25) is 4.79 Å². The fraction of sp³-hybridized carbons (Fsp3) is 0.588. The highest BCUT2D eigenvalue weighted by molar-refractivity contribution is 7.89. The monoisotopic (exact) mass is 374 g/mol. The second kappa shape index (κ2) is 8.23. The molecule has 0 saturated carbocycles. The maximum atomic E-state index is 13.3. The minimum Gasteiger partial charge on any atom is -0.353 e. The lowest BCUT2D eigenvalue weighted by molar-refractivity contribution is -0.126. The topological polar surface area (TPSA) is 66.5 Å². The van der Waals surface area contributed by atoms with Crippen LogP contribution in [0.1, 0.15) is 39.5 Å². The lowest BCUT2D eigenvalue weighted by atomic mass is 9.96. The predicted octanol–water partition coefficient (Wildman–Crippen LogP) is 2.67.